The molecule has 5 heteroatoms. The van der Waals surface area contributed by atoms with Gasteiger partial charge in [-0.3, -0.25) is 4.79 Å². The number of nitrogens with zero attached hydrogens (tertiary/aromatic N) is 1. The quantitative estimate of drug-likeness (QED) is 0.699. The van der Waals surface area contributed by atoms with Crippen LogP contribution >= 0.6 is 15.9 Å². The number of carbonyl (C=O) groups excluding carboxylic acids is 1. The van der Waals surface area contributed by atoms with Crippen molar-refractivity contribution in [1.29, 1.82) is 0 Å². The molecule has 0 aliphatic heterocycles. The molecule has 128 valence electrons. The summed E-state index contributed by atoms with van der Waals surface area (Å²) in [5.74, 6) is 0.519. The SMILES string of the molecule is CN(C)CCCNC(=O)C(Oc1ccccc1Br)c1ccccc1. The lowest BCUT2D eigenvalue weighted by Gasteiger charge is -2.20. The standard InChI is InChI=1S/C19H23BrN2O2/c1-22(2)14-8-13-21-19(23)18(15-9-4-3-5-10-15)24-17-12-7-6-11-16(17)20/h3-7,9-12,18H,8,13-14H2,1-2H3,(H,21,23). The Balaban J connectivity index is 2.09. The summed E-state index contributed by atoms with van der Waals surface area (Å²) < 4.78 is 6.83. The minimum absolute atomic E-state index is 0.129. The Morgan fingerprint density at radius 1 is 1.12 bits per heavy atom. The normalized spacial score (nSPS) is 12.0. The van der Waals surface area contributed by atoms with Crippen LogP contribution in [0.3, 0.4) is 0 Å². The molecule has 2 aromatic rings. The fourth-order valence-electron chi connectivity index (χ4n) is 2.27. The Bertz CT molecular complexity index is 647. The average Bonchev–Trinajstić information content (AvgIpc) is 2.58. The third-order valence-corrected chi connectivity index (χ3v) is 4.16. The molecule has 1 unspecified atom stereocenters. The van der Waals surface area contributed by atoms with Gasteiger partial charge in [-0.1, -0.05) is 42.5 Å². The highest BCUT2D eigenvalue weighted by atomic mass is 79.9. The number of nitrogens with one attached hydrogen (secondary N) is 1. The van der Waals surface area contributed by atoms with E-state index in [-0.39, 0.29) is 5.91 Å². The van der Waals surface area contributed by atoms with Gasteiger partial charge in [-0.15, -0.1) is 0 Å². The first-order valence-corrected chi connectivity index (χ1v) is 8.76. The maximum absolute atomic E-state index is 12.6. The van der Waals surface area contributed by atoms with Crippen molar-refractivity contribution in [3.63, 3.8) is 0 Å². The van der Waals surface area contributed by atoms with Crippen molar-refractivity contribution in [3.05, 3.63) is 64.6 Å². The van der Waals surface area contributed by atoms with Crippen molar-refractivity contribution in [2.75, 3.05) is 27.2 Å². The van der Waals surface area contributed by atoms with Gasteiger partial charge in [0.15, 0.2) is 0 Å². The zero-order valence-corrected chi connectivity index (χ0v) is 15.6. The summed E-state index contributed by atoms with van der Waals surface area (Å²) in [4.78, 5) is 14.7. The molecule has 0 bridgehead atoms. The molecule has 1 N–H and O–H groups in total. The maximum atomic E-state index is 12.6. The highest BCUT2D eigenvalue weighted by molar-refractivity contribution is 9.10. The van der Waals surface area contributed by atoms with Crippen LogP contribution in [-0.4, -0.2) is 38.0 Å². The Morgan fingerprint density at radius 2 is 1.79 bits per heavy atom. The number of hydrogen-bond acceptors (Lipinski definition) is 3. The first-order valence-electron chi connectivity index (χ1n) is 7.96. The first-order chi connectivity index (χ1) is 11.6. The van der Waals surface area contributed by atoms with Gasteiger partial charge in [-0.25, -0.2) is 0 Å². The lowest BCUT2D eigenvalue weighted by molar-refractivity contribution is -0.128. The molecule has 0 saturated heterocycles. The molecule has 0 aliphatic carbocycles. The lowest BCUT2D eigenvalue weighted by Crippen LogP contribution is -2.34. The summed E-state index contributed by atoms with van der Waals surface area (Å²) in [5, 5.41) is 2.97. The average molecular weight is 391 g/mol. The molecule has 4 nitrogen and oxygen atoms in total. The summed E-state index contributed by atoms with van der Waals surface area (Å²) in [6.07, 6.45) is 0.221. The summed E-state index contributed by atoms with van der Waals surface area (Å²) in [6.45, 7) is 1.56. The topological polar surface area (TPSA) is 41.6 Å². The number of rotatable bonds is 8. The molecule has 2 aromatic carbocycles. The second-order valence-electron chi connectivity index (χ2n) is 5.79. The third-order valence-electron chi connectivity index (χ3n) is 3.50. The van der Waals surface area contributed by atoms with E-state index in [4.69, 9.17) is 4.74 Å². The molecule has 0 fully saturated rings. The number of carbonyl (C=O) groups is 1. The van der Waals surface area contributed by atoms with Gasteiger partial charge in [0.05, 0.1) is 4.47 Å². The van der Waals surface area contributed by atoms with Gasteiger partial charge in [0.2, 0.25) is 6.10 Å². The van der Waals surface area contributed by atoms with Gasteiger partial charge in [0.1, 0.15) is 5.75 Å². The van der Waals surface area contributed by atoms with Crippen molar-refractivity contribution in [2.24, 2.45) is 0 Å². The molecule has 24 heavy (non-hydrogen) atoms. The van der Waals surface area contributed by atoms with Crippen molar-refractivity contribution in [1.82, 2.24) is 10.2 Å². The van der Waals surface area contributed by atoms with E-state index in [1.54, 1.807) is 0 Å². The maximum Gasteiger partial charge on any atom is 0.265 e. The molecule has 0 aromatic heterocycles. The van der Waals surface area contributed by atoms with Crippen molar-refractivity contribution in [2.45, 2.75) is 12.5 Å². The van der Waals surface area contributed by atoms with E-state index < -0.39 is 6.10 Å². The molecule has 2 rings (SSSR count). The third kappa shape index (κ3) is 5.65. The van der Waals surface area contributed by atoms with Crippen LogP contribution in [0.15, 0.2) is 59.1 Å². The van der Waals surface area contributed by atoms with Crippen molar-refractivity contribution < 1.29 is 9.53 Å². The van der Waals surface area contributed by atoms with Gasteiger partial charge in [-0.2, -0.15) is 0 Å². The van der Waals surface area contributed by atoms with Crippen LogP contribution in [0, 0.1) is 0 Å². The van der Waals surface area contributed by atoms with E-state index in [0.29, 0.717) is 12.3 Å². The zero-order valence-electron chi connectivity index (χ0n) is 14.0. The van der Waals surface area contributed by atoms with Crippen LogP contribution in [0.25, 0.3) is 0 Å². The molecular weight excluding hydrogens is 368 g/mol. The Kier molecular flexibility index (Phi) is 7.28. The zero-order chi connectivity index (χ0) is 17.4. The second kappa shape index (κ2) is 9.45. The minimum Gasteiger partial charge on any atom is -0.475 e. The summed E-state index contributed by atoms with van der Waals surface area (Å²) in [7, 11) is 4.04. The monoisotopic (exact) mass is 390 g/mol. The van der Waals surface area contributed by atoms with E-state index in [1.807, 2.05) is 68.7 Å². The minimum atomic E-state index is -0.677. The van der Waals surface area contributed by atoms with Crippen LogP contribution in [-0.2, 0) is 4.79 Å². The predicted molar refractivity (Wildman–Crippen MR) is 100 cm³/mol. The van der Waals surface area contributed by atoms with Gasteiger partial charge < -0.3 is 15.0 Å². The Hall–Kier alpha value is -1.85. The van der Waals surface area contributed by atoms with E-state index >= 15 is 0 Å². The highest BCUT2D eigenvalue weighted by Gasteiger charge is 2.23. The first kappa shape index (κ1) is 18.5. The van der Waals surface area contributed by atoms with Crippen LogP contribution in [0.4, 0.5) is 0 Å². The largest absolute Gasteiger partial charge is 0.475 e. The number of halogens is 1. The van der Waals surface area contributed by atoms with Crippen molar-refractivity contribution >= 4 is 21.8 Å². The van der Waals surface area contributed by atoms with Gasteiger partial charge in [-0.05, 0) is 55.1 Å². The van der Waals surface area contributed by atoms with Gasteiger partial charge in [0, 0.05) is 12.1 Å². The number of ether oxygens (including phenoxy) is 1. The molecule has 0 aliphatic rings. The fourth-order valence-corrected chi connectivity index (χ4v) is 2.65. The van der Waals surface area contributed by atoms with E-state index in [2.05, 4.69) is 26.1 Å². The van der Waals surface area contributed by atoms with Crippen molar-refractivity contribution in [3.8, 4) is 5.75 Å². The predicted octanol–water partition coefficient (Wildman–Crippen LogP) is 3.64. The Labute approximate surface area is 151 Å². The highest BCUT2D eigenvalue weighted by Crippen LogP contribution is 2.29. The van der Waals surface area contributed by atoms with E-state index in [9.17, 15) is 4.79 Å². The molecule has 1 amide bonds. The fraction of sp³-hybridized carbons (Fsp3) is 0.316. The summed E-state index contributed by atoms with van der Waals surface area (Å²) >= 11 is 3.46. The molecule has 0 spiro atoms. The van der Waals surface area contributed by atoms with Crippen LogP contribution < -0.4 is 10.1 Å². The summed E-state index contributed by atoms with van der Waals surface area (Å²) in [6, 6.07) is 17.1. The molecule has 0 saturated carbocycles. The number of amides is 1. The van der Waals surface area contributed by atoms with Crippen LogP contribution in [0.2, 0.25) is 0 Å². The van der Waals surface area contributed by atoms with Gasteiger partial charge >= 0.3 is 0 Å². The molecule has 0 radical (unpaired) electrons. The number of para-hydroxylation sites is 1. The second-order valence-corrected chi connectivity index (χ2v) is 6.64. The summed E-state index contributed by atoms with van der Waals surface area (Å²) in [5.41, 5.74) is 0.832. The molecular formula is C19H23BrN2O2. The Morgan fingerprint density at radius 3 is 2.46 bits per heavy atom. The number of hydrogen-bond donors (Lipinski definition) is 1. The molecule has 0 heterocycles. The lowest BCUT2D eigenvalue weighted by atomic mass is 10.1. The van der Waals surface area contributed by atoms with E-state index in [1.165, 1.54) is 0 Å². The van der Waals surface area contributed by atoms with Crippen LogP contribution in [0.1, 0.15) is 18.1 Å². The van der Waals surface area contributed by atoms with E-state index in [0.717, 1.165) is 23.0 Å². The van der Waals surface area contributed by atoms with Crippen LogP contribution in [0.5, 0.6) is 5.75 Å². The smallest absolute Gasteiger partial charge is 0.265 e. The number of benzene rings is 2. The van der Waals surface area contributed by atoms with Gasteiger partial charge in [0.25, 0.3) is 5.91 Å². The molecule has 1 atom stereocenters.